The normalized spacial score (nSPS) is 19.9. The standard InChI is InChI=1S/C33H32FN3O/c1-23-30-21-35-37(28-15-13-27(34)14-16-28)31(30)20-26-12-17-29(32(23)26)33(38)36(22-25-10-6-3-7-11-25)19-18-24-8-4-2-5-9-24/h2-11,13-16,20-21,23,29,35H,12,17-19,22H2,1H3/t23-,29-/m0/s1. The minimum absolute atomic E-state index is 0.113. The molecule has 192 valence electrons. The molecule has 3 aromatic carbocycles. The molecule has 3 aliphatic rings. The van der Waals surface area contributed by atoms with Crippen molar-refractivity contribution in [1.29, 1.82) is 0 Å². The van der Waals surface area contributed by atoms with Gasteiger partial charge in [0.1, 0.15) is 5.82 Å². The van der Waals surface area contributed by atoms with Crippen LogP contribution in [0.2, 0.25) is 0 Å². The van der Waals surface area contributed by atoms with E-state index in [-0.39, 0.29) is 23.6 Å². The fraction of sp³-hybridized carbons (Fsp3) is 0.242. The van der Waals surface area contributed by atoms with Crippen molar-refractivity contribution >= 4 is 11.6 Å². The number of hydrogen-bond acceptors (Lipinski definition) is 3. The molecule has 0 radical (unpaired) electrons. The minimum atomic E-state index is -0.249. The number of fused-ring (bicyclic) bond motifs is 1. The highest BCUT2D eigenvalue weighted by Gasteiger charge is 2.41. The summed E-state index contributed by atoms with van der Waals surface area (Å²) >= 11 is 0. The molecule has 0 saturated heterocycles. The maximum absolute atomic E-state index is 14.2. The summed E-state index contributed by atoms with van der Waals surface area (Å²) in [6.07, 6.45) is 6.82. The van der Waals surface area contributed by atoms with Gasteiger partial charge in [0.05, 0.1) is 17.3 Å². The first-order valence-electron chi connectivity index (χ1n) is 13.4. The molecule has 38 heavy (non-hydrogen) atoms. The summed E-state index contributed by atoms with van der Waals surface area (Å²) in [7, 11) is 0. The molecule has 0 aromatic heterocycles. The van der Waals surface area contributed by atoms with Gasteiger partial charge in [-0.3, -0.25) is 9.80 Å². The molecule has 2 aliphatic carbocycles. The highest BCUT2D eigenvalue weighted by molar-refractivity contribution is 5.84. The number of hydrogen-bond donors (Lipinski definition) is 1. The largest absolute Gasteiger partial charge is 0.338 e. The fourth-order valence-corrected chi connectivity index (χ4v) is 6.05. The number of amides is 1. The second-order valence-electron chi connectivity index (χ2n) is 10.3. The predicted molar refractivity (Wildman–Crippen MR) is 149 cm³/mol. The van der Waals surface area contributed by atoms with Gasteiger partial charge in [0, 0.05) is 30.8 Å². The number of benzene rings is 3. The van der Waals surface area contributed by atoms with Gasteiger partial charge in [-0.25, -0.2) is 4.39 Å². The number of hydrazine groups is 1. The van der Waals surface area contributed by atoms with Gasteiger partial charge in [0.25, 0.3) is 0 Å². The van der Waals surface area contributed by atoms with E-state index in [1.165, 1.54) is 34.4 Å². The molecule has 0 fully saturated rings. The first kappa shape index (κ1) is 24.2. The summed E-state index contributed by atoms with van der Waals surface area (Å²) in [5.74, 6) is -0.00725. The van der Waals surface area contributed by atoms with Gasteiger partial charge >= 0.3 is 0 Å². The van der Waals surface area contributed by atoms with Crippen LogP contribution in [-0.4, -0.2) is 17.4 Å². The molecule has 4 nitrogen and oxygen atoms in total. The van der Waals surface area contributed by atoms with Crippen LogP contribution in [0.4, 0.5) is 10.1 Å². The van der Waals surface area contributed by atoms with Crippen molar-refractivity contribution in [3.63, 3.8) is 0 Å². The number of carbonyl (C=O) groups is 1. The van der Waals surface area contributed by atoms with E-state index in [0.29, 0.717) is 13.1 Å². The highest BCUT2D eigenvalue weighted by Crippen LogP contribution is 2.48. The molecule has 2 atom stereocenters. The zero-order chi connectivity index (χ0) is 26.1. The third-order valence-electron chi connectivity index (χ3n) is 8.00. The van der Waals surface area contributed by atoms with Gasteiger partial charge in [-0.1, -0.05) is 67.6 Å². The van der Waals surface area contributed by atoms with E-state index >= 15 is 0 Å². The molecule has 1 amide bonds. The summed E-state index contributed by atoms with van der Waals surface area (Å²) in [5.41, 5.74) is 11.4. The zero-order valence-electron chi connectivity index (χ0n) is 21.6. The van der Waals surface area contributed by atoms with Crippen LogP contribution in [0.25, 0.3) is 0 Å². The third-order valence-corrected chi connectivity index (χ3v) is 8.00. The first-order valence-corrected chi connectivity index (χ1v) is 13.4. The van der Waals surface area contributed by atoms with Crippen molar-refractivity contribution in [3.8, 4) is 0 Å². The van der Waals surface area contributed by atoms with Gasteiger partial charge in [0.2, 0.25) is 5.91 Å². The summed E-state index contributed by atoms with van der Waals surface area (Å²) in [6.45, 7) is 3.51. The van der Waals surface area contributed by atoms with Crippen LogP contribution >= 0.6 is 0 Å². The molecule has 6 rings (SSSR count). The minimum Gasteiger partial charge on any atom is -0.338 e. The maximum atomic E-state index is 14.2. The SMILES string of the molecule is C[C@H]1C2=CNN(c3ccc(F)cc3)C2=CC2=C1[C@@H](C(=O)N(CCc1ccccc1)Cc1ccccc1)CC2. The van der Waals surface area contributed by atoms with E-state index in [0.717, 1.165) is 36.2 Å². The summed E-state index contributed by atoms with van der Waals surface area (Å²) < 4.78 is 13.5. The van der Waals surface area contributed by atoms with Crippen molar-refractivity contribution in [2.75, 3.05) is 11.6 Å². The molecule has 0 spiro atoms. The van der Waals surface area contributed by atoms with Crippen LogP contribution in [0.3, 0.4) is 0 Å². The lowest BCUT2D eigenvalue weighted by Gasteiger charge is -2.32. The molecule has 0 bridgehead atoms. The molecule has 5 heteroatoms. The van der Waals surface area contributed by atoms with E-state index < -0.39 is 0 Å². The van der Waals surface area contributed by atoms with Gasteiger partial charge in [-0.2, -0.15) is 0 Å². The smallest absolute Gasteiger partial charge is 0.230 e. The summed E-state index contributed by atoms with van der Waals surface area (Å²) in [5, 5.41) is 2.01. The fourth-order valence-electron chi connectivity index (χ4n) is 6.05. The molecular formula is C33H32FN3O. The lowest BCUT2D eigenvalue weighted by molar-refractivity contribution is -0.135. The second-order valence-corrected chi connectivity index (χ2v) is 10.3. The van der Waals surface area contributed by atoms with Gasteiger partial charge < -0.3 is 10.3 Å². The molecule has 0 saturated carbocycles. The van der Waals surface area contributed by atoms with E-state index in [1.807, 2.05) is 35.5 Å². The third kappa shape index (κ3) is 4.65. The lowest BCUT2D eigenvalue weighted by atomic mass is 9.80. The van der Waals surface area contributed by atoms with E-state index in [1.54, 1.807) is 12.1 Å². The van der Waals surface area contributed by atoms with Gasteiger partial charge in [0.15, 0.2) is 0 Å². The topological polar surface area (TPSA) is 35.6 Å². The number of rotatable bonds is 7. The first-order chi connectivity index (χ1) is 18.6. The van der Waals surface area contributed by atoms with Crippen LogP contribution < -0.4 is 10.4 Å². The molecule has 1 heterocycles. The van der Waals surface area contributed by atoms with E-state index in [4.69, 9.17) is 0 Å². The van der Waals surface area contributed by atoms with Crippen molar-refractivity contribution in [2.24, 2.45) is 11.8 Å². The Morgan fingerprint density at radius 3 is 2.37 bits per heavy atom. The molecular weight excluding hydrogens is 473 g/mol. The number of allylic oxidation sites excluding steroid dienone is 3. The Balaban J connectivity index is 1.27. The molecule has 1 N–H and O–H groups in total. The average molecular weight is 506 g/mol. The molecule has 0 unspecified atom stereocenters. The number of halogens is 1. The van der Waals surface area contributed by atoms with Crippen molar-refractivity contribution < 1.29 is 9.18 Å². The van der Waals surface area contributed by atoms with Crippen molar-refractivity contribution in [2.45, 2.75) is 32.7 Å². The Morgan fingerprint density at radius 2 is 1.66 bits per heavy atom. The number of nitrogens with one attached hydrogen (secondary N) is 1. The average Bonchev–Trinajstić information content (AvgIpc) is 3.58. The van der Waals surface area contributed by atoms with Crippen LogP contribution in [-0.2, 0) is 17.8 Å². The Kier molecular flexibility index (Phi) is 6.59. The van der Waals surface area contributed by atoms with Crippen LogP contribution in [0, 0.1) is 17.7 Å². The van der Waals surface area contributed by atoms with Crippen molar-refractivity contribution in [3.05, 3.63) is 137 Å². The number of nitrogens with zero attached hydrogens (tertiary/aromatic N) is 2. The highest BCUT2D eigenvalue weighted by atomic mass is 19.1. The Bertz CT molecular complexity index is 1410. The van der Waals surface area contributed by atoms with Gasteiger partial charge in [-0.05, 0) is 71.9 Å². The quantitative estimate of drug-likeness (QED) is 0.396. The second kappa shape index (κ2) is 10.3. The number of anilines is 1. The molecule has 1 aliphatic heterocycles. The van der Waals surface area contributed by atoms with E-state index in [9.17, 15) is 9.18 Å². The Morgan fingerprint density at radius 1 is 0.974 bits per heavy atom. The molecule has 3 aromatic rings. The predicted octanol–water partition coefficient (Wildman–Crippen LogP) is 6.55. The number of carbonyl (C=O) groups excluding carboxylic acids is 1. The van der Waals surface area contributed by atoms with Crippen LogP contribution in [0.5, 0.6) is 0 Å². The van der Waals surface area contributed by atoms with Crippen molar-refractivity contribution in [1.82, 2.24) is 10.3 Å². The maximum Gasteiger partial charge on any atom is 0.230 e. The Labute approximate surface area is 223 Å². The lowest BCUT2D eigenvalue weighted by Crippen LogP contribution is -2.38. The van der Waals surface area contributed by atoms with Crippen LogP contribution in [0.1, 0.15) is 30.9 Å². The summed E-state index contributed by atoms with van der Waals surface area (Å²) in [4.78, 5) is 16.2. The Hall–Kier alpha value is -4.12. The zero-order valence-corrected chi connectivity index (χ0v) is 21.6. The van der Waals surface area contributed by atoms with Crippen LogP contribution in [0.15, 0.2) is 120 Å². The van der Waals surface area contributed by atoms with E-state index in [2.05, 4.69) is 59.7 Å². The summed E-state index contributed by atoms with van der Waals surface area (Å²) in [6, 6.07) is 27.2. The van der Waals surface area contributed by atoms with Gasteiger partial charge in [-0.15, -0.1) is 0 Å². The monoisotopic (exact) mass is 505 g/mol.